The lowest BCUT2D eigenvalue weighted by Crippen LogP contribution is -2.30. The van der Waals surface area contributed by atoms with E-state index in [0.717, 1.165) is 0 Å². The number of halogens is 2. The van der Waals surface area contributed by atoms with Crippen molar-refractivity contribution in [2.45, 2.75) is 46.0 Å². The lowest BCUT2D eigenvalue weighted by Gasteiger charge is -2.31. The fraction of sp³-hybridized carbons (Fsp3) is 0.500. The molecule has 1 N–H and O–H groups in total. The average Bonchev–Trinajstić information content (AvgIpc) is 2.76. The van der Waals surface area contributed by atoms with E-state index in [1.165, 1.54) is 6.92 Å². The number of hydrogen-bond acceptors (Lipinski definition) is 4. The Bertz CT molecular complexity index is 743. The smallest absolute Gasteiger partial charge is 0.341 e. The topological polar surface area (TPSA) is 80.7 Å². The van der Waals surface area contributed by atoms with Crippen molar-refractivity contribution in [1.29, 1.82) is 0 Å². The molecular weight excluding hydrogens is 367 g/mol. The summed E-state index contributed by atoms with van der Waals surface area (Å²) in [6.07, 6.45) is 1.31. The maximum absolute atomic E-state index is 13.1. The summed E-state index contributed by atoms with van der Waals surface area (Å²) in [5, 5.41) is 8.89. The predicted molar refractivity (Wildman–Crippen MR) is 95.0 cm³/mol. The lowest BCUT2D eigenvalue weighted by molar-refractivity contribution is -0.139. The maximum Gasteiger partial charge on any atom is 0.341 e. The minimum atomic E-state index is -1.14. The van der Waals surface area contributed by atoms with E-state index in [-0.39, 0.29) is 33.3 Å². The zero-order chi connectivity index (χ0) is 18.9. The molecule has 136 valence electrons. The summed E-state index contributed by atoms with van der Waals surface area (Å²) in [5.41, 5.74) is 0.323. The van der Waals surface area contributed by atoms with E-state index >= 15 is 0 Å². The van der Waals surface area contributed by atoms with E-state index in [1.54, 1.807) is 6.07 Å². The van der Waals surface area contributed by atoms with Crippen molar-refractivity contribution in [1.82, 2.24) is 0 Å². The van der Waals surface area contributed by atoms with Gasteiger partial charge in [0.2, 0.25) is 0 Å². The number of carboxylic acid groups (broad SMARTS) is 1. The number of aliphatic carboxylic acids is 1. The van der Waals surface area contributed by atoms with Gasteiger partial charge in [-0.1, -0.05) is 37.0 Å². The first-order valence-corrected chi connectivity index (χ1v) is 8.82. The second-order valence-corrected chi connectivity index (χ2v) is 7.17. The quantitative estimate of drug-likeness (QED) is 0.744. The normalized spacial score (nSPS) is 22.0. The van der Waals surface area contributed by atoms with Crippen LogP contribution in [-0.4, -0.2) is 29.2 Å². The van der Waals surface area contributed by atoms with E-state index in [2.05, 4.69) is 0 Å². The third-order valence-corrected chi connectivity index (χ3v) is 5.93. The monoisotopic (exact) mass is 386 g/mol. The molecule has 1 aromatic carbocycles. The van der Waals surface area contributed by atoms with E-state index in [9.17, 15) is 14.4 Å². The Kier molecular flexibility index (Phi) is 5.79. The van der Waals surface area contributed by atoms with Crippen molar-refractivity contribution in [3.8, 4) is 5.75 Å². The first kappa shape index (κ1) is 19.7. The second kappa shape index (κ2) is 7.34. The number of carbonyl (C=O) groups is 3. The number of carbonyl (C=O) groups excluding carboxylic acids is 2. The maximum atomic E-state index is 13.1. The fourth-order valence-electron chi connectivity index (χ4n) is 3.55. The summed E-state index contributed by atoms with van der Waals surface area (Å²) in [6.45, 7) is 4.78. The van der Waals surface area contributed by atoms with Crippen LogP contribution in [0.15, 0.2) is 6.07 Å². The lowest BCUT2D eigenvalue weighted by atomic mass is 9.70. The molecule has 2 atom stereocenters. The van der Waals surface area contributed by atoms with Gasteiger partial charge in [0.05, 0.1) is 5.02 Å². The van der Waals surface area contributed by atoms with Crippen molar-refractivity contribution in [2.75, 3.05) is 6.61 Å². The molecule has 0 bridgehead atoms. The highest BCUT2D eigenvalue weighted by atomic mass is 35.5. The van der Waals surface area contributed by atoms with Gasteiger partial charge in [0.15, 0.2) is 12.4 Å². The molecule has 2 unspecified atom stereocenters. The van der Waals surface area contributed by atoms with Crippen LogP contribution < -0.4 is 4.74 Å². The van der Waals surface area contributed by atoms with E-state index in [4.69, 9.17) is 33.0 Å². The molecular formula is C18H20Cl2O5. The minimum Gasteiger partial charge on any atom is -0.480 e. The minimum absolute atomic E-state index is 0.0263. The summed E-state index contributed by atoms with van der Waals surface area (Å²) >= 11 is 12.5. The number of fused-ring (bicyclic) bond motifs is 1. The number of carboxylic acids is 1. The Morgan fingerprint density at radius 3 is 2.48 bits per heavy atom. The molecule has 25 heavy (non-hydrogen) atoms. The van der Waals surface area contributed by atoms with Gasteiger partial charge in [0.25, 0.3) is 0 Å². The highest BCUT2D eigenvalue weighted by Crippen LogP contribution is 2.56. The van der Waals surface area contributed by atoms with Crippen LogP contribution in [0.5, 0.6) is 5.75 Å². The second-order valence-electron chi connectivity index (χ2n) is 6.41. The Labute approximate surface area is 156 Å². The summed E-state index contributed by atoms with van der Waals surface area (Å²) in [7, 11) is 0. The summed E-state index contributed by atoms with van der Waals surface area (Å²) in [6, 6.07) is 1.60. The predicted octanol–water partition coefficient (Wildman–Crippen LogP) is 4.52. The van der Waals surface area contributed by atoms with Gasteiger partial charge in [0, 0.05) is 17.4 Å². The number of ether oxygens (including phenoxy) is 1. The van der Waals surface area contributed by atoms with Crippen LogP contribution in [-0.2, 0) is 9.59 Å². The average molecular weight is 387 g/mol. The van der Waals surface area contributed by atoms with Crippen molar-refractivity contribution in [2.24, 2.45) is 5.41 Å². The number of benzene rings is 1. The molecule has 0 heterocycles. The number of rotatable bonds is 7. The van der Waals surface area contributed by atoms with E-state index in [1.807, 2.05) is 13.8 Å². The van der Waals surface area contributed by atoms with Crippen molar-refractivity contribution < 1.29 is 24.2 Å². The third kappa shape index (κ3) is 3.40. The number of hydrogen-bond donors (Lipinski definition) is 1. The molecule has 0 aliphatic heterocycles. The van der Waals surface area contributed by atoms with Gasteiger partial charge in [-0.3, -0.25) is 4.79 Å². The molecule has 0 saturated heterocycles. The summed E-state index contributed by atoms with van der Waals surface area (Å²) in [5.74, 6) is -1.26. The van der Waals surface area contributed by atoms with Crippen molar-refractivity contribution in [3.05, 3.63) is 27.2 Å². The summed E-state index contributed by atoms with van der Waals surface area (Å²) < 4.78 is 5.21. The molecule has 0 aromatic heterocycles. The van der Waals surface area contributed by atoms with Crippen molar-refractivity contribution in [3.63, 3.8) is 0 Å². The Hall–Kier alpha value is -1.59. The van der Waals surface area contributed by atoms with Crippen LogP contribution in [0.25, 0.3) is 0 Å². The van der Waals surface area contributed by atoms with Gasteiger partial charge in [-0.25, -0.2) is 4.79 Å². The standard InChI is InChI=1S/C18H20Cl2O5/c1-4-18(6-5-9(2)21)10(3)11-7-12(25-8-13(22)23)15(19)16(20)14(11)17(18)24/h7,10H,4-6,8H2,1-3H3,(H,22,23). The van der Waals surface area contributed by atoms with Gasteiger partial charge in [-0.15, -0.1) is 0 Å². The highest BCUT2D eigenvalue weighted by Gasteiger charge is 2.51. The van der Waals surface area contributed by atoms with Crippen LogP contribution in [0, 0.1) is 5.41 Å². The van der Waals surface area contributed by atoms with Crippen LogP contribution >= 0.6 is 23.2 Å². The molecule has 1 aromatic rings. The first-order chi connectivity index (χ1) is 11.7. The number of ketones is 2. The molecule has 0 radical (unpaired) electrons. The molecule has 0 fully saturated rings. The zero-order valence-corrected chi connectivity index (χ0v) is 15.8. The van der Waals surface area contributed by atoms with Crippen LogP contribution in [0.3, 0.4) is 0 Å². The Morgan fingerprint density at radius 2 is 1.96 bits per heavy atom. The number of Topliss-reactive ketones (excluding diaryl/α,β-unsaturated/α-hetero) is 2. The molecule has 5 nitrogen and oxygen atoms in total. The van der Waals surface area contributed by atoms with E-state index < -0.39 is 18.0 Å². The van der Waals surface area contributed by atoms with Gasteiger partial charge >= 0.3 is 5.97 Å². The highest BCUT2D eigenvalue weighted by molar-refractivity contribution is 6.45. The molecule has 1 aliphatic carbocycles. The third-order valence-electron chi connectivity index (χ3n) is 5.08. The molecule has 1 aliphatic rings. The molecule has 0 spiro atoms. The SMILES string of the molecule is CCC1(CCC(C)=O)C(=O)c2c(cc(OCC(=O)O)c(Cl)c2Cl)C1C. The molecule has 2 rings (SSSR count). The van der Waals surface area contributed by atoms with E-state index in [0.29, 0.717) is 30.4 Å². The first-order valence-electron chi connectivity index (χ1n) is 8.06. The fourth-order valence-corrected chi connectivity index (χ4v) is 4.05. The van der Waals surface area contributed by atoms with Gasteiger partial charge in [0.1, 0.15) is 16.6 Å². The van der Waals surface area contributed by atoms with Gasteiger partial charge in [-0.05, 0) is 37.3 Å². The van der Waals surface area contributed by atoms with Gasteiger partial charge < -0.3 is 14.6 Å². The van der Waals surface area contributed by atoms with Crippen molar-refractivity contribution >= 4 is 40.7 Å². The Morgan fingerprint density at radius 1 is 1.32 bits per heavy atom. The zero-order valence-electron chi connectivity index (χ0n) is 14.3. The van der Waals surface area contributed by atoms with Crippen LogP contribution in [0.4, 0.5) is 0 Å². The largest absolute Gasteiger partial charge is 0.480 e. The Balaban J connectivity index is 2.51. The molecule has 0 saturated carbocycles. The molecule has 0 amide bonds. The molecule has 7 heteroatoms. The summed E-state index contributed by atoms with van der Waals surface area (Å²) in [4.78, 5) is 35.3. The van der Waals surface area contributed by atoms with Crippen LogP contribution in [0.1, 0.15) is 61.9 Å². The van der Waals surface area contributed by atoms with Crippen LogP contribution in [0.2, 0.25) is 10.0 Å². The van der Waals surface area contributed by atoms with Gasteiger partial charge in [-0.2, -0.15) is 0 Å².